The first kappa shape index (κ1) is 17.4. The van der Waals surface area contributed by atoms with Gasteiger partial charge in [0.2, 0.25) is 5.91 Å². The molecule has 0 bridgehead atoms. The van der Waals surface area contributed by atoms with Crippen LogP contribution in [0.4, 0.5) is 0 Å². The monoisotopic (exact) mass is 341 g/mol. The van der Waals surface area contributed by atoms with Crippen LogP contribution >= 0.6 is 0 Å². The number of hydrogen-bond acceptors (Lipinski definition) is 6. The van der Waals surface area contributed by atoms with Crippen molar-refractivity contribution < 1.29 is 26.9 Å². The van der Waals surface area contributed by atoms with Crippen LogP contribution in [0.15, 0.2) is 24.3 Å². The molecule has 0 radical (unpaired) electrons. The van der Waals surface area contributed by atoms with E-state index in [9.17, 15) is 18.0 Å². The van der Waals surface area contributed by atoms with E-state index in [0.29, 0.717) is 11.1 Å². The number of nitrogens with one attached hydrogen (secondary N) is 1. The molecule has 0 spiro atoms. The van der Waals surface area contributed by atoms with Crippen LogP contribution in [-0.2, 0) is 29.4 Å². The van der Waals surface area contributed by atoms with Gasteiger partial charge in [0.15, 0.2) is 5.60 Å². The minimum Gasteiger partial charge on any atom is -0.448 e. The fourth-order valence-electron chi connectivity index (χ4n) is 2.32. The van der Waals surface area contributed by atoms with E-state index in [2.05, 4.69) is 5.32 Å². The van der Waals surface area contributed by atoms with Crippen LogP contribution in [0, 0.1) is 0 Å². The van der Waals surface area contributed by atoms with Crippen molar-refractivity contribution in [1.29, 1.82) is 0 Å². The highest BCUT2D eigenvalue weighted by atomic mass is 32.2. The smallest absolute Gasteiger partial charge is 0.339 e. The molecule has 1 N–H and O–H groups in total. The Morgan fingerprint density at radius 3 is 2.74 bits per heavy atom. The van der Waals surface area contributed by atoms with Gasteiger partial charge in [0, 0.05) is 19.0 Å². The summed E-state index contributed by atoms with van der Waals surface area (Å²) in [4.78, 5) is 22.5. The number of ether oxygens (including phenoxy) is 1. The molecule has 0 aliphatic carbocycles. The highest BCUT2D eigenvalue weighted by molar-refractivity contribution is 7.86. The first-order valence-electron chi connectivity index (χ1n) is 7.18. The summed E-state index contributed by atoms with van der Waals surface area (Å²) in [7, 11) is -3.77. The lowest BCUT2D eigenvalue weighted by molar-refractivity contribution is -0.118. The summed E-state index contributed by atoms with van der Waals surface area (Å²) in [6.45, 7) is 2.95. The van der Waals surface area contributed by atoms with Crippen LogP contribution in [0.5, 0.6) is 0 Å². The van der Waals surface area contributed by atoms with Crippen molar-refractivity contribution in [2.24, 2.45) is 0 Å². The second kappa shape index (κ2) is 6.67. The maximum absolute atomic E-state index is 11.9. The van der Waals surface area contributed by atoms with Crippen molar-refractivity contribution in [2.75, 3.05) is 18.9 Å². The SMILES string of the molecule is CC(=O)NCCCS(=O)(=O)OCC1(C)OC(=O)c2ccccc21. The number of amides is 1. The second-order valence-electron chi connectivity index (χ2n) is 5.53. The normalized spacial score (nSPS) is 20.0. The van der Waals surface area contributed by atoms with Crippen molar-refractivity contribution in [2.45, 2.75) is 25.9 Å². The summed E-state index contributed by atoms with van der Waals surface area (Å²) in [5.74, 6) is -0.932. The molecule has 1 amide bonds. The van der Waals surface area contributed by atoms with E-state index in [4.69, 9.17) is 8.92 Å². The molecule has 7 nitrogen and oxygen atoms in total. The second-order valence-corrected chi connectivity index (χ2v) is 7.29. The Labute approximate surface area is 135 Å². The molecular formula is C15H19NO6S. The minimum atomic E-state index is -3.77. The van der Waals surface area contributed by atoms with Crippen LogP contribution in [0.3, 0.4) is 0 Å². The van der Waals surface area contributed by atoms with Crippen molar-refractivity contribution in [3.63, 3.8) is 0 Å². The molecule has 8 heteroatoms. The number of carbonyl (C=O) groups excluding carboxylic acids is 2. The molecule has 1 aromatic rings. The highest BCUT2D eigenvalue weighted by Crippen LogP contribution is 2.36. The zero-order valence-electron chi connectivity index (χ0n) is 13.0. The van der Waals surface area contributed by atoms with Gasteiger partial charge in [0.25, 0.3) is 10.1 Å². The fourth-order valence-corrected chi connectivity index (χ4v) is 3.34. The average molecular weight is 341 g/mol. The Morgan fingerprint density at radius 1 is 1.35 bits per heavy atom. The van der Waals surface area contributed by atoms with Gasteiger partial charge < -0.3 is 10.1 Å². The van der Waals surface area contributed by atoms with Crippen LogP contribution < -0.4 is 5.32 Å². The third-order valence-electron chi connectivity index (χ3n) is 3.49. The predicted octanol–water partition coefficient (Wildman–Crippen LogP) is 0.945. The van der Waals surface area contributed by atoms with E-state index in [1.807, 2.05) is 0 Å². The number of rotatable bonds is 7. The molecule has 1 aliphatic rings. The lowest BCUT2D eigenvalue weighted by Crippen LogP contribution is -2.31. The van der Waals surface area contributed by atoms with E-state index in [1.165, 1.54) is 6.92 Å². The highest BCUT2D eigenvalue weighted by Gasteiger charge is 2.42. The van der Waals surface area contributed by atoms with E-state index in [-0.39, 0.29) is 31.2 Å². The molecule has 0 fully saturated rings. The molecule has 1 aliphatic heterocycles. The van der Waals surface area contributed by atoms with E-state index in [0.717, 1.165) is 0 Å². The summed E-state index contributed by atoms with van der Waals surface area (Å²) in [5.41, 5.74) is -0.0987. The standard InChI is InChI=1S/C15H19NO6S/c1-11(17)16-8-5-9-23(19,20)21-10-15(2)13-7-4-3-6-12(13)14(18)22-15/h3-4,6-7H,5,8-10H2,1-2H3,(H,16,17). The maximum atomic E-state index is 11.9. The third kappa shape index (κ3) is 4.29. The fraction of sp³-hybridized carbons (Fsp3) is 0.467. The first-order chi connectivity index (χ1) is 10.7. The number of esters is 1. The van der Waals surface area contributed by atoms with Crippen molar-refractivity contribution >= 4 is 22.0 Å². The van der Waals surface area contributed by atoms with Gasteiger partial charge in [-0.15, -0.1) is 0 Å². The van der Waals surface area contributed by atoms with Gasteiger partial charge in [-0.3, -0.25) is 8.98 Å². The number of cyclic esters (lactones) is 1. The predicted molar refractivity (Wildman–Crippen MR) is 82.2 cm³/mol. The van der Waals surface area contributed by atoms with Gasteiger partial charge in [-0.25, -0.2) is 4.79 Å². The maximum Gasteiger partial charge on any atom is 0.339 e. The third-order valence-corrected chi connectivity index (χ3v) is 4.76. The van der Waals surface area contributed by atoms with Gasteiger partial charge in [0.1, 0.15) is 6.61 Å². The zero-order valence-corrected chi connectivity index (χ0v) is 13.8. The summed E-state index contributed by atoms with van der Waals surface area (Å²) in [6, 6.07) is 6.81. The van der Waals surface area contributed by atoms with Crippen molar-refractivity contribution in [3.05, 3.63) is 35.4 Å². The molecule has 0 saturated heterocycles. The lowest BCUT2D eigenvalue weighted by Gasteiger charge is -2.23. The van der Waals surface area contributed by atoms with Crippen LogP contribution in [0.2, 0.25) is 0 Å². The van der Waals surface area contributed by atoms with Crippen LogP contribution in [0.25, 0.3) is 0 Å². The van der Waals surface area contributed by atoms with Crippen molar-refractivity contribution in [3.8, 4) is 0 Å². The molecule has 0 aromatic heterocycles. The summed E-state index contributed by atoms with van der Waals surface area (Å²) < 4.78 is 34.1. The average Bonchev–Trinajstić information content (AvgIpc) is 2.75. The van der Waals surface area contributed by atoms with Crippen molar-refractivity contribution in [1.82, 2.24) is 5.32 Å². The Hall–Kier alpha value is -1.93. The largest absolute Gasteiger partial charge is 0.448 e. The number of hydrogen-bond donors (Lipinski definition) is 1. The molecule has 23 heavy (non-hydrogen) atoms. The lowest BCUT2D eigenvalue weighted by atomic mass is 9.95. The van der Waals surface area contributed by atoms with Crippen LogP contribution in [0.1, 0.15) is 36.2 Å². The summed E-state index contributed by atoms with van der Waals surface area (Å²) in [6.07, 6.45) is 0.245. The van der Waals surface area contributed by atoms with E-state index < -0.39 is 21.7 Å². The van der Waals surface area contributed by atoms with Gasteiger partial charge in [-0.2, -0.15) is 8.42 Å². The first-order valence-corrected chi connectivity index (χ1v) is 8.76. The van der Waals surface area contributed by atoms with E-state index >= 15 is 0 Å². The molecule has 1 atom stereocenters. The number of benzene rings is 1. The summed E-state index contributed by atoms with van der Waals surface area (Å²) >= 11 is 0. The van der Waals surface area contributed by atoms with Gasteiger partial charge >= 0.3 is 5.97 Å². The molecule has 2 rings (SSSR count). The van der Waals surface area contributed by atoms with Gasteiger partial charge in [0.05, 0.1) is 11.3 Å². The van der Waals surface area contributed by atoms with Gasteiger partial charge in [-0.1, -0.05) is 18.2 Å². The number of carbonyl (C=O) groups is 2. The molecule has 126 valence electrons. The Bertz CT molecular complexity index is 714. The number of fused-ring (bicyclic) bond motifs is 1. The quantitative estimate of drug-likeness (QED) is 0.450. The Morgan fingerprint density at radius 2 is 2.04 bits per heavy atom. The van der Waals surface area contributed by atoms with Crippen LogP contribution in [-0.4, -0.2) is 39.2 Å². The molecule has 0 saturated carbocycles. The minimum absolute atomic E-state index is 0.217. The Balaban J connectivity index is 1.95. The zero-order chi connectivity index (χ0) is 17.1. The molecule has 1 unspecified atom stereocenters. The molecular weight excluding hydrogens is 322 g/mol. The topological polar surface area (TPSA) is 98.8 Å². The molecule has 1 heterocycles. The van der Waals surface area contributed by atoms with E-state index in [1.54, 1.807) is 31.2 Å². The summed E-state index contributed by atoms with van der Waals surface area (Å²) in [5, 5.41) is 2.51. The van der Waals surface area contributed by atoms with Gasteiger partial charge in [-0.05, 0) is 19.4 Å². The molecule has 1 aromatic carbocycles. The Kier molecular flexibility index (Phi) is 5.06.